The van der Waals surface area contributed by atoms with Gasteiger partial charge in [-0.05, 0) is 38.5 Å². The molecule has 108 valence electrons. The van der Waals surface area contributed by atoms with Gasteiger partial charge in [-0.3, -0.25) is 0 Å². The first-order valence-electron chi connectivity index (χ1n) is 7.75. The van der Waals surface area contributed by atoms with E-state index in [1.165, 1.54) is 44.9 Å². The maximum Gasteiger partial charge on any atom is 0.0562 e. The van der Waals surface area contributed by atoms with E-state index in [1.807, 2.05) is 0 Å². The Labute approximate surface area is 113 Å². The van der Waals surface area contributed by atoms with Gasteiger partial charge < -0.3 is 10.2 Å². The zero-order valence-corrected chi connectivity index (χ0v) is 12.1. The van der Waals surface area contributed by atoms with Crippen molar-refractivity contribution in [2.75, 3.05) is 6.61 Å². The second kappa shape index (κ2) is 14.7. The van der Waals surface area contributed by atoms with Crippen LogP contribution in [0, 0.1) is 0 Å². The van der Waals surface area contributed by atoms with E-state index in [-0.39, 0.29) is 12.7 Å². The van der Waals surface area contributed by atoms with Crippen LogP contribution >= 0.6 is 0 Å². The number of hydrogen-bond donors (Lipinski definition) is 2. The molecule has 0 amide bonds. The standard InChI is InChI=1S/C16H32O2/c1-2-3-4-5-6-7-8-9-10-11-12-13-16(18)14-15-17/h9-10,16-18H,2-8,11-15H2,1H3/b10-9+. The van der Waals surface area contributed by atoms with Crippen LogP contribution in [0.15, 0.2) is 12.2 Å². The monoisotopic (exact) mass is 256 g/mol. The van der Waals surface area contributed by atoms with Gasteiger partial charge in [-0.1, -0.05) is 51.2 Å². The number of hydrogen-bond acceptors (Lipinski definition) is 2. The maximum absolute atomic E-state index is 9.41. The van der Waals surface area contributed by atoms with E-state index in [0.29, 0.717) is 6.42 Å². The van der Waals surface area contributed by atoms with E-state index in [1.54, 1.807) is 0 Å². The zero-order valence-electron chi connectivity index (χ0n) is 12.1. The first kappa shape index (κ1) is 17.7. The fourth-order valence-electron chi connectivity index (χ4n) is 2.04. The average Bonchev–Trinajstić information content (AvgIpc) is 2.36. The summed E-state index contributed by atoms with van der Waals surface area (Å²) in [5, 5.41) is 18.0. The van der Waals surface area contributed by atoms with Crippen molar-refractivity contribution in [3.8, 4) is 0 Å². The van der Waals surface area contributed by atoms with Gasteiger partial charge in [0.15, 0.2) is 0 Å². The summed E-state index contributed by atoms with van der Waals surface area (Å²) in [6.07, 6.45) is 16.9. The van der Waals surface area contributed by atoms with E-state index in [4.69, 9.17) is 5.11 Å². The smallest absolute Gasteiger partial charge is 0.0562 e. The second-order valence-electron chi connectivity index (χ2n) is 5.12. The molecule has 0 aliphatic carbocycles. The second-order valence-corrected chi connectivity index (χ2v) is 5.12. The maximum atomic E-state index is 9.41. The summed E-state index contributed by atoms with van der Waals surface area (Å²) in [5.41, 5.74) is 0. The highest BCUT2D eigenvalue weighted by Gasteiger charge is 2.00. The Balaban J connectivity index is 3.13. The molecule has 2 N–H and O–H groups in total. The van der Waals surface area contributed by atoms with Gasteiger partial charge in [-0.15, -0.1) is 0 Å². The molecule has 1 atom stereocenters. The Morgan fingerprint density at radius 1 is 0.833 bits per heavy atom. The SMILES string of the molecule is CCCCCCCC/C=C/CCCC(O)CCO. The summed E-state index contributed by atoms with van der Waals surface area (Å²) >= 11 is 0. The van der Waals surface area contributed by atoms with E-state index < -0.39 is 0 Å². The number of unbranched alkanes of at least 4 members (excludes halogenated alkanes) is 7. The number of allylic oxidation sites excluding steroid dienone is 2. The van der Waals surface area contributed by atoms with E-state index >= 15 is 0 Å². The van der Waals surface area contributed by atoms with Crippen molar-refractivity contribution in [3.63, 3.8) is 0 Å². The molecular weight excluding hydrogens is 224 g/mol. The lowest BCUT2D eigenvalue weighted by Crippen LogP contribution is -2.07. The number of rotatable bonds is 13. The Hall–Kier alpha value is -0.340. The van der Waals surface area contributed by atoms with Crippen molar-refractivity contribution in [3.05, 3.63) is 12.2 Å². The van der Waals surface area contributed by atoms with Crippen molar-refractivity contribution < 1.29 is 10.2 Å². The molecule has 0 aliphatic heterocycles. The molecule has 0 rings (SSSR count). The van der Waals surface area contributed by atoms with Gasteiger partial charge in [-0.25, -0.2) is 0 Å². The van der Waals surface area contributed by atoms with Crippen LogP contribution in [0.25, 0.3) is 0 Å². The first-order valence-corrected chi connectivity index (χ1v) is 7.75. The highest BCUT2D eigenvalue weighted by molar-refractivity contribution is 4.81. The van der Waals surface area contributed by atoms with Crippen LogP contribution in [-0.4, -0.2) is 22.9 Å². The lowest BCUT2D eigenvalue weighted by Gasteiger charge is -2.06. The predicted octanol–water partition coefficient (Wildman–Crippen LogP) is 4.21. The van der Waals surface area contributed by atoms with E-state index in [0.717, 1.165) is 19.3 Å². The highest BCUT2D eigenvalue weighted by atomic mass is 16.3. The van der Waals surface area contributed by atoms with Crippen molar-refractivity contribution in [2.24, 2.45) is 0 Å². The minimum absolute atomic E-state index is 0.0923. The number of aliphatic hydroxyl groups is 2. The van der Waals surface area contributed by atoms with Gasteiger partial charge >= 0.3 is 0 Å². The molecule has 0 aromatic carbocycles. The molecule has 2 heteroatoms. The third-order valence-corrected chi connectivity index (χ3v) is 3.26. The topological polar surface area (TPSA) is 40.5 Å². The molecule has 0 aliphatic rings. The molecule has 0 radical (unpaired) electrons. The van der Waals surface area contributed by atoms with Gasteiger partial charge in [0.1, 0.15) is 0 Å². The van der Waals surface area contributed by atoms with Crippen molar-refractivity contribution >= 4 is 0 Å². The minimum atomic E-state index is -0.318. The average molecular weight is 256 g/mol. The normalized spacial score (nSPS) is 13.3. The van der Waals surface area contributed by atoms with Gasteiger partial charge in [-0.2, -0.15) is 0 Å². The largest absolute Gasteiger partial charge is 0.396 e. The van der Waals surface area contributed by atoms with Crippen LogP contribution < -0.4 is 0 Å². The van der Waals surface area contributed by atoms with Gasteiger partial charge in [0.05, 0.1) is 6.10 Å². The van der Waals surface area contributed by atoms with Crippen LogP contribution in [0.1, 0.15) is 77.6 Å². The molecule has 0 saturated carbocycles. The summed E-state index contributed by atoms with van der Waals surface area (Å²) in [6.45, 7) is 2.34. The summed E-state index contributed by atoms with van der Waals surface area (Å²) in [5.74, 6) is 0. The fraction of sp³-hybridized carbons (Fsp3) is 0.875. The summed E-state index contributed by atoms with van der Waals surface area (Å²) in [4.78, 5) is 0. The van der Waals surface area contributed by atoms with Gasteiger partial charge in [0.25, 0.3) is 0 Å². The van der Waals surface area contributed by atoms with Gasteiger partial charge in [0.2, 0.25) is 0 Å². The summed E-state index contributed by atoms with van der Waals surface area (Å²) in [6, 6.07) is 0. The molecule has 0 aromatic heterocycles. The molecule has 1 unspecified atom stereocenters. The van der Waals surface area contributed by atoms with E-state index in [9.17, 15) is 5.11 Å². The molecule has 0 heterocycles. The summed E-state index contributed by atoms with van der Waals surface area (Å²) < 4.78 is 0. The lowest BCUT2D eigenvalue weighted by atomic mass is 10.1. The van der Waals surface area contributed by atoms with Crippen molar-refractivity contribution in [1.82, 2.24) is 0 Å². The number of aliphatic hydroxyl groups excluding tert-OH is 2. The van der Waals surface area contributed by atoms with Crippen molar-refractivity contribution in [2.45, 2.75) is 83.7 Å². The Morgan fingerprint density at radius 3 is 2.11 bits per heavy atom. The van der Waals surface area contributed by atoms with Crippen LogP contribution in [-0.2, 0) is 0 Å². The van der Waals surface area contributed by atoms with Crippen LogP contribution in [0.5, 0.6) is 0 Å². The molecular formula is C16H32O2. The highest BCUT2D eigenvalue weighted by Crippen LogP contribution is 2.08. The van der Waals surface area contributed by atoms with Crippen LogP contribution in [0.3, 0.4) is 0 Å². The quantitative estimate of drug-likeness (QED) is 0.383. The lowest BCUT2D eigenvalue weighted by molar-refractivity contribution is 0.123. The molecule has 0 aromatic rings. The van der Waals surface area contributed by atoms with E-state index in [2.05, 4.69) is 19.1 Å². The molecule has 2 nitrogen and oxygen atoms in total. The fourth-order valence-corrected chi connectivity index (χ4v) is 2.04. The Bertz CT molecular complexity index is 178. The third-order valence-electron chi connectivity index (χ3n) is 3.26. The molecule has 0 fully saturated rings. The summed E-state index contributed by atoms with van der Waals surface area (Å²) in [7, 11) is 0. The van der Waals surface area contributed by atoms with Crippen molar-refractivity contribution in [1.29, 1.82) is 0 Å². The molecule has 18 heavy (non-hydrogen) atoms. The Morgan fingerprint density at radius 2 is 1.44 bits per heavy atom. The van der Waals surface area contributed by atoms with Gasteiger partial charge in [0, 0.05) is 6.61 Å². The van der Waals surface area contributed by atoms with Crippen LogP contribution in [0.4, 0.5) is 0 Å². The Kier molecular flexibility index (Phi) is 14.4. The molecule has 0 saturated heterocycles. The van der Waals surface area contributed by atoms with Crippen LogP contribution in [0.2, 0.25) is 0 Å². The molecule has 0 bridgehead atoms. The zero-order chi connectivity index (χ0) is 13.5. The molecule has 0 spiro atoms. The predicted molar refractivity (Wildman–Crippen MR) is 78.7 cm³/mol. The minimum Gasteiger partial charge on any atom is -0.396 e. The first-order chi connectivity index (χ1) is 8.81. The third kappa shape index (κ3) is 13.7.